The van der Waals surface area contributed by atoms with Gasteiger partial charge in [-0.1, -0.05) is 54.2 Å². The largest absolute Gasteiger partial charge is 0.497 e. The Morgan fingerprint density at radius 2 is 1.73 bits per heavy atom. The van der Waals surface area contributed by atoms with Crippen LogP contribution in [0.4, 0.5) is 5.69 Å². The number of anilines is 1. The van der Waals surface area contributed by atoms with E-state index in [2.05, 4.69) is 10.3 Å². The number of ether oxygens (including phenoxy) is 2. The smallest absolute Gasteiger partial charge is 0.262 e. The van der Waals surface area contributed by atoms with Gasteiger partial charge in [0.1, 0.15) is 16.7 Å². The molecule has 2 aliphatic heterocycles. The number of amidine groups is 1. The Balaban J connectivity index is 1.34. The number of nitrogens with one attached hydrogen (secondary N) is 1. The highest BCUT2D eigenvalue weighted by atomic mass is 32.2. The quantitative estimate of drug-likeness (QED) is 0.483. The number of hydrogen-bond donors (Lipinski definition) is 1. The standard InChI is InChI=1S/C28H26N4O4S/c1-35-20-14-12-18(13-15-20)22-16-23(19-8-4-3-5-9-19)32(31-22)28-30-27(34)25(37-28)17-26(33)29-21-10-6-7-11-24(21)36-2/h3-15,23,25H,16-17H2,1-2H3,(H,29,33). The molecule has 3 aromatic rings. The van der Waals surface area contributed by atoms with E-state index in [1.165, 1.54) is 11.8 Å². The number of aliphatic imine (C=N–C) groups is 1. The SMILES string of the molecule is COc1ccc(C2=NN(C3=NC(=O)C(CC(=O)Nc4ccccc4OC)S3)C(c3ccccc3)C2)cc1. The Bertz CT molecular complexity index is 1360. The van der Waals surface area contributed by atoms with Gasteiger partial charge in [-0.15, -0.1) is 0 Å². The van der Waals surface area contributed by atoms with E-state index in [0.29, 0.717) is 23.0 Å². The van der Waals surface area contributed by atoms with Crippen LogP contribution >= 0.6 is 11.8 Å². The molecule has 0 saturated heterocycles. The van der Waals surface area contributed by atoms with Gasteiger partial charge in [-0.2, -0.15) is 10.1 Å². The summed E-state index contributed by atoms with van der Waals surface area (Å²) in [5.74, 6) is 0.709. The van der Waals surface area contributed by atoms with E-state index in [1.54, 1.807) is 26.4 Å². The Morgan fingerprint density at radius 3 is 2.46 bits per heavy atom. The van der Waals surface area contributed by atoms with Gasteiger partial charge in [0.2, 0.25) is 5.91 Å². The van der Waals surface area contributed by atoms with Gasteiger partial charge in [-0.3, -0.25) is 9.59 Å². The summed E-state index contributed by atoms with van der Waals surface area (Å²) in [5, 5.41) is 9.40. The molecule has 2 unspecified atom stereocenters. The molecule has 2 amide bonds. The summed E-state index contributed by atoms with van der Waals surface area (Å²) >= 11 is 1.27. The van der Waals surface area contributed by atoms with Crippen molar-refractivity contribution >= 4 is 40.1 Å². The molecule has 8 nitrogen and oxygen atoms in total. The maximum Gasteiger partial charge on any atom is 0.262 e. The molecule has 0 bridgehead atoms. The molecule has 2 aliphatic rings. The fraction of sp³-hybridized carbons (Fsp3) is 0.214. The lowest BCUT2D eigenvalue weighted by Crippen LogP contribution is -2.25. The van der Waals surface area contributed by atoms with Gasteiger partial charge in [0.25, 0.3) is 5.91 Å². The van der Waals surface area contributed by atoms with E-state index in [0.717, 1.165) is 22.6 Å². The van der Waals surface area contributed by atoms with Crippen molar-refractivity contribution in [1.29, 1.82) is 0 Å². The third kappa shape index (κ3) is 5.36. The molecule has 37 heavy (non-hydrogen) atoms. The van der Waals surface area contributed by atoms with Crippen LogP contribution in [0.15, 0.2) is 89.0 Å². The van der Waals surface area contributed by atoms with Crippen LogP contribution in [0.3, 0.4) is 0 Å². The molecule has 9 heteroatoms. The fourth-order valence-electron chi connectivity index (χ4n) is 4.30. The fourth-order valence-corrected chi connectivity index (χ4v) is 5.36. The molecule has 2 atom stereocenters. The van der Waals surface area contributed by atoms with E-state index in [1.807, 2.05) is 71.7 Å². The van der Waals surface area contributed by atoms with E-state index in [-0.39, 0.29) is 24.3 Å². The van der Waals surface area contributed by atoms with Crippen molar-refractivity contribution in [3.05, 3.63) is 90.0 Å². The minimum atomic E-state index is -0.624. The van der Waals surface area contributed by atoms with Crippen LogP contribution in [0, 0.1) is 0 Å². The van der Waals surface area contributed by atoms with Crippen LogP contribution in [-0.2, 0) is 9.59 Å². The number of hydrazone groups is 1. The molecular weight excluding hydrogens is 488 g/mol. The predicted octanol–water partition coefficient (Wildman–Crippen LogP) is 4.88. The van der Waals surface area contributed by atoms with Crippen LogP contribution < -0.4 is 14.8 Å². The second-order valence-corrected chi connectivity index (χ2v) is 9.71. The lowest BCUT2D eigenvalue weighted by molar-refractivity contribution is -0.121. The van der Waals surface area contributed by atoms with Crippen molar-refractivity contribution in [2.45, 2.75) is 24.1 Å². The van der Waals surface area contributed by atoms with Crippen molar-refractivity contribution < 1.29 is 19.1 Å². The van der Waals surface area contributed by atoms with E-state index < -0.39 is 5.25 Å². The van der Waals surface area contributed by atoms with Crippen LogP contribution in [0.5, 0.6) is 11.5 Å². The molecule has 0 radical (unpaired) electrons. The molecule has 5 rings (SSSR count). The summed E-state index contributed by atoms with van der Waals surface area (Å²) in [7, 11) is 3.18. The summed E-state index contributed by atoms with van der Waals surface area (Å²) in [6.45, 7) is 0. The van der Waals surface area contributed by atoms with Gasteiger partial charge >= 0.3 is 0 Å². The first-order valence-corrected chi connectivity index (χ1v) is 12.7. The first-order chi connectivity index (χ1) is 18.1. The van der Waals surface area contributed by atoms with Gasteiger partial charge in [0, 0.05) is 12.8 Å². The number of carbonyl (C=O) groups is 2. The van der Waals surface area contributed by atoms with Crippen molar-refractivity contribution in [1.82, 2.24) is 5.01 Å². The van der Waals surface area contributed by atoms with E-state index in [9.17, 15) is 9.59 Å². The van der Waals surface area contributed by atoms with Gasteiger partial charge in [0.05, 0.1) is 31.7 Å². The van der Waals surface area contributed by atoms with Gasteiger partial charge in [-0.25, -0.2) is 5.01 Å². The van der Waals surface area contributed by atoms with Gasteiger partial charge < -0.3 is 14.8 Å². The lowest BCUT2D eigenvalue weighted by Gasteiger charge is -2.23. The number of thioether (sulfide) groups is 1. The summed E-state index contributed by atoms with van der Waals surface area (Å²) in [4.78, 5) is 29.9. The highest BCUT2D eigenvalue weighted by Gasteiger charge is 2.39. The number of amides is 2. The molecule has 0 saturated carbocycles. The second-order valence-electron chi connectivity index (χ2n) is 8.54. The molecule has 0 aliphatic carbocycles. The Hall–Kier alpha value is -4.11. The van der Waals surface area contributed by atoms with Gasteiger partial charge in [-0.05, 0) is 47.5 Å². The minimum Gasteiger partial charge on any atom is -0.497 e. The summed E-state index contributed by atoms with van der Waals surface area (Å²) in [6.07, 6.45) is 0.649. The summed E-state index contributed by atoms with van der Waals surface area (Å²) < 4.78 is 10.6. The summed E-state index contributed by atoms with van der Waals surface area (Å²) in [6, 6.07) is 24.8. The molecular formula is C28H26N4O4S. The zero-order valence-corrected chi connectivity index (χ0v) is 21.3. The Labute approximate surface area is 219 Å². The van der Waals surface area contributed by atoms with Crippen molar-refractivity contribution in [3.63, 3.8) is 0 Å². The second kappa shape index (κ2) is 10.9. The highest BCUT2D eigenvalue weighted by molar-refractivity contribution is 8.15. The zero-order valence-electron chi connectivity index (χ0n) is 20.5. The van der Waals surface area contributed by atoms with E-state index >= 15 is 0 Å². The molecule has 2 heterocycles. The van der Waals surface area contributed by atoms with Gasteiger partial charge in [0.15, 0.2) is 5.17 Å². The monoisotopic (exact) mass is 514 g/mol. The van der Waals surface area contributed by atoms with Crippen LogP contribution in [0.1, 0.15) is 30.0 Å². The Kier molecular flexibility index (Phi) is 7.23. The van der Waals surface area contributed by atoms with Crippen molar-refractivity contribution in [2.75, 3.05) is 19.5 Å². The first kappa shape index (κ1) is 24.6. The average Bonchev–Trinajstić information content (AvgIpc) is 3.53. The topological polar surface area (TPSA) is 92.6 Å². The molecule has 0 fully saturated rings. The van der Waals surface area contributed by atoms with E-state index in [4.69, 9.17) is 14.6 Å². The number of para-hydroxylation sites is 2. The van der Waals surface area contributed by atoms with Crippen LogP contribution in [0.2, 0.25) is 0 Å². The highest BCUT2D eigenvalue weighted by Crippen LogP contribution is 2.38. The van der Waals surface area contributed by atoms with Crippen LogP contribution in [0.25, 0.3) is 0 Å². The van der Waals surface area contributed by atoms with Crippen molar-refractivity contribution in [2.24, 2.45) is 10.1 Å². The normalized spacial score (nSPS) is 18.9. The Morgan fingerprint density at radius 1 is 1.00 bits per heavy atom. The number of carbonyl (C=O) groups excluding carboxylic acids is 2. The summed E-state index contributed by atoms with van der Waals surface area (Å²) in [5.41, 5.74) is 3.50. The first-order valence-electron chi connectivity index (χ1n) is 11.8. The zero-order chi connectivity index (χ0) is 25.8. The third-order valence-corrected chi connectivity index (χ3v) is 7.34. The lowest BCUT2D eigenvalue weighted by atomic mass is 9.98. The maximum absolute atomic E-state index is 12.8. The maximum atomic E-state index is 12.8. The predicted molar refractivity (Wildman–Crippen MR) is 145 cm³/mol. The molecule has 0 spiro atoms. The average molecular weight is 515 g/mol. The van der Waals surface area contributed by atoms with Crippen LogP contribution in [-0.4, -0.2) is 47.2 Å². The number of methoxy groups -OCH3 is 2. The number of hydrogen-bond acceptors (Lipinski definition) is 7. The third-order valence-electron chi connectivity index (χ3n) is 6.19. The molecule has 188 valence electrons. The number of benzene rings is 3. The van der Waals surface area contributed by atoms with Crippen molar-refractivity contribution in [3.8, 4) is 11.5 Å². The molecule has 1 N–H and O–H groups in total. The number of rotatable bonds is 7. The molecule has 0 aromatic heterocycles. The minimum absolute atomic E-state index is 0.00650. The molecule has 3 aromatic carbocycles. The number of nitrogens with zero attached hydrogens (tertiary/aromatic N) is 3.